The Morgan fingerprint density at radius 2 is 1.88 bits per heavy atom. The lowest BCUT2D eigenvalue weighted by molar-refractivity contribution is -0.274. The molecule has 1 aliphatic heterocycles. The van der Waals surface area contributed by atoms with Gasteiger partial charge < -0.3 is 14.8 Å². The number of rotatable bonds is 7. The molecular formula is C29H31ClF3N7O2. The fraction of sp³-hybridized carbons (Fsp3) is 0.379. The lowest BCUT2D eigenvalue weighted by atomic mass is 9.83. The summed E-state index contributed by atoms with van der Waals surface area (Å²) in [6.45, 7) is 4.71. The number of anilines is 1. The van der Waals surface area contributed by atoms with E-state index >= 15 is 0 Å². The third-order valence-corrected chi connectivity index (χ3v) is 7.42. The van der Waals surface area contributed by atoms with Crippen LogP contribution in [0.4, 0.5) is 19.0 Å². The van der Waals surface area contributed by atoms with E-state index < -0.39 is 12.1 Å². The van der Waals surface area contributed by atoms with Crippen LogP contribution in [0.2, 0.25) is 5.02 Å². The highest BCUT2D eigenvalue weighted by Crippen LogP contribution is 2.43. The summed E-state index contributed by atoms with van der Waals surface area (Å²) in [5.41, 5.74) is 4.68. The number of hydrogen-bond donors (Lipinski definition) is 2. The van der Waals surface area contributed by atoms with E-state index in [9.17, 15) is 13.2 Å². The zero-order valence-corrected chi connectivity index (χ0v) is 24.0. The van der Waals surface area contributed by atoms with Crippen LogP contribution in [0.25, 0.3) is 22.7 Å². The maximum Gasteiger partial charge on any atom is 0.573 e. The van der Waals surface area contributed by atoms with Crippen LogP contribution < -0.4 is 14.8 Å². The van der Waals surface area contributed by atoms with Crippen molar-refractivity contribution >= 4 is 28.7 Å². The van der Waals surface area contributed by atoms with Gasteiger partial charge in [-0.15, -0.1) is 23.4 Å². The Balaban J connectivity index is 0.00000173. The monoisotopic (exact) mass is 601 g/mol. The first-order valence-electron chi connectivity index (χ1n) is 13.9. The number of nitrogens with one attached hydrogen (secondary N) is 2. The third kappa shape index (κ3) is 6.53. The lowest BCUT2D eigenvalue weighted by Gasteiger charge is -2.32. The first-order valence-corrected chi connectivity index (χ1v) is 14.3. The summed E-state index contributed by atoms with van der Waals surface area (Å²) in [6, 6.07) is 11.9. The van der Waals surface area contributed by atoms with Gasteiger partial charge in [0.2, 0.25) is 5.82 Å². The van der Waals surface area contributed by atoms with Crippen molar-refractivity contribution in [1.29, 1.82) is 0 Å². The van der Waals surface area contributed by atoms with Gasteiger partial charge in [0.05, 0.1) is 22.5 Å². The van der Waals surface area contributed by atoms with E-state index in [1.54, 1.807) is 6.20 Å². The van der Waals surface area contributed by atoms with Crippen LogP contribution in [-0.2, 0) is 6.61 Å². The van der Waals surface area contributed by atoms with Crippen molar-refractivity contribution in [3.8, 4) is 22.9 Å². The molecule has 0 amide bonds. The topological polar surface area (TPSA) is 103 Å². The molecule has 0 unspecified atom stereocenters. The highest BCUT2D eigenvalue weighted by molar-refractivity contribution is 6.32. The summed E-state index contributed by atoms with van der Waals surface area (Å²) in [7, 11) is 0. The molecule has 0 radical (unpaired) electrons. The first kappa shape index (κ1) is 29.4. The summed E-state index contributed by atoms with van der Waals surface area (Å²) in [5, 5.41) is 22.5. The van der Waals surface area contributed by atoms with Crippen LogP contribution in [0.5, 0.6) is 11.5 Å². The summed E-state index contributed by atoms with van der Waals surface area (Å²) in [4.78, 5) is 0. The van der Waals surface area contributed by atoms with E-state index in [1.165, 1.54) is 37.5 Å². The number of fused-ring (bicyclic) bond motifs is 1. The molecule has 0 bridgehead atoms. The highest BCUT2D eigenvalue weighted by atomic mass is 35.5. The van der Waals surface area contributed by atoms with E-state index in [0.717, 1.165) is 41.1 Å². The number of halogens is 4. The maximum absolute atomic E-state index is 12.5. The van der Waals surface area contributed by atoms with Crippen molar-refractivity contribution in [2.75, 3.05) is 11.9 Å². The van der Waals surface area contributed by atoms with Crippen LogP contribution in [0.3, 0.4) is 0 Å². The minimum absolute atomic E-state index is 0.125. The molecular weight excluding hydrogens is 571 g/mol. The van der Waals surface area contributed by atoms with Crippen molar-refractivity contribution in [3.05, 3.63) is 64.8 Å². The van der Waals surface area contributed by atoms with Crippen molar-refractivity contribution in [1.82, 2.24) is 30.4 Å². The van der Waals surface area contributed by atoms with Gasteiger partial charge in [0.15, 0.2) is 0 Å². The minimum Gasteiger partial charge on any atom is -0.489 e. The standard InChI is InChI=1S/C27H25ClF3N7O2.C2H6/c28-22-11-16(9-10-23(22)40-27(29,30)31)15-39-19-8-4-7-18(12-19)20-13-32-26-21(25-34-36-37-35-25)14-33-38(26)24(20)17-5-2-1-3-6-17;1-2/h4,7-12,14,17,32H,1-3,5-6,13,15H2,(H,34,35,36,37);1-2H3. The van der Waals surface area contributed by atoms with Gasteiger partial charge in [-0.3, -0.25) is 0 Å². The van der Waals surface area contributed by atoms with Gasteiger partial charge in [-0.05, 0) is 53.4 Å². The Morgan fingerprint density at radius 3 is 2.60 bits per heavy atom. The largest absolute Gasteiger partial charge is 0.573 e. The third-order valence-electron chi connectivity index (χ3n) is 7.13. The fourth-order valence-electron chi connectivity index (χ4n) is 5.36. The zero-order chi connectivity index (χ0) is 29.7. The molecule has 2 aliphatic rings. The van der Waals surface area contributed by atoms with E-state index in [0.29, 0.717) is 29.6 Å². The van der Waals surface area contributed by atoms with Gasteiger partial charge in [0.1, 0.15) is 23.9 Å². The molecule has 1 saturated carbocycles. The van der Waals surface area contributed by atoms with E-state index in [1.807, 2.05) is 42.8 Å². The van der Waals surface area contributed by atoms with Gasteiger partial charge in [0, 0.05) is 18.0 Å². The Morgan fingerprint density at radius 1 is 1.07 bits per heavy atom. The molecule has 3 heterocycles. The Kier molecular flexibility index (Phi) is 9.00. The van der Waals surface area contributed by atoms with Crippen LogP contribution in [0.1, 0.15) is 57.1 Å². The quantitative estimate of drug-likeness (QED) is 0.225. The number of hydrogen-bond acceptors (Lipinski definition) is 7. The van der Waals surface area contributed by atoms with E-state index in [2.05, 4.69) is 30.7 Å². The number of aromatic nitrogens is 6. The number of allylic oxidation sites excluding steroid dienone is 1. The second-order valence-corrected chi connectivity index (χ2v) is 10.1. The molecule has 13 heteroatoms. The van der Waals surface area contributed by atoms with Crippen LogP contribution in [0.15, 0.2) is 48.7 Å². The Hall–Kier alpha value is -4.06. The van der Waals surface area contributed by atoms with Crippen molar-refractivity contribution in [2.45, 2.75) is 58.9 Å². The molecule has 2 aromatic carbocycles. The lowest BCUT2D eigenvalue weighted by Crippen LogP contribution is -2.24. The van der Waals surface area contributed by atoms with Crippen molar-refractivity contribution in [3.63, 3.8) is 0 Å². The van der Waals surface area contributed by atoms with Crippen LogP contribution in [0, 0.1) is 5.92 Å². The molecule has 4 aromatic rings. The Bertz CT molecular complexity index is 1530. The maximum atomic E-state index is 12.5. The van der Waals surface area contributed by atoms with Crippen molar-refractivity contribution in [2.24, 2.45) is 5.92 Å². The second-order valence-electron chi connectivity index (χ2n) is 9.74. The van der Waals surface area contributed by atoms with Gasteiger partial charge in [-0.2, -0.15) is 10.3 Å². The molecule has 9 nitrogen and oxygen atoms in total. The van der Waals surface area contributed by atoms with Gasteiger partial charge >= 0.3 is 6.36 Å². The van der Waals surface area contributed by atoms with Crippen molar-refractivity contribution < 1.29 is 22.6 Å². The average Bonchev–Trinajstić information content (AvgIpc) is 3.68. The Labute approximate surface area is 246 Å². The molecule has 1 fully saturated rings. The number of nitrogens with zero attached hydrogens (tertiary/aromatic N) is 5. The molecule has 2 N–H and O–H groups in total. The number of tetrazole rings is 1. The number of alkyl halides is 3. The number of ether oxygens (including phenoxy) is 2. The fourth-order valence-corrected chi connectivity index (χ4v) is 5.60. The average molecular weight is 602 g/mol. The summed E-state index contributed by atoms with van der Waals surface area (Å²) in [5.74, 6) is 1.85. The molecule has 0 saturated heterocycles. The molecule has 0 atom stereocenters. The second kappa shape index (κ2) is 12.8. The molecule has 1 aliphatic carbocycles. The normalized spacial score (nSPS) is 15.4. The molecule has 2 aromatic heterocycles. The molecule has 42 heavy (non-hydrogen) atoms. The zero-order valence-electron chi connectivity index (χ0n) is 23.2. The summed E-state index contributed by atoms with van der Waals surface area (Å²) in [6.07, 6.45) is 2.68. The van der Waals surface area contributed by atoms with Gasteiger partial charge in [0.25, 0.3) is 0 Å². The highest BCUT2D eigenvalue weighted by Gasteiger charge is 2.32. The number of benzene rings is 2. The minimum atomic E-state index is -4.81. The molecule has 222 valence electrons. The van der Waals surface area contributed by atoms with Gasteiger partial charge in [-0.25, -0.2) is 4.68 Å². The summed E-state index contributed by atoms with van der Waals surface area (Å²) < 4.78 is 49.6. The summed E-state index contributed by atoms with van der Waals surface area (Å²) >= 11 is 5.99. The van der Waals surface area contributed by atoms with Crippen LogP contribution in [-0.4, -0.2) is 43.3 Å². The molecule has 6 rings (SSSR count). The number of aromatic amines is 1. The molecule has 0 spiro atoms. The van der Waals surface area contributed by atoms with E-state index in [-0.39, 0.29) is 11.6 Å². The SMILES string of the molecule is CC.FC(F)(F)Oc1ccc(COc2cccc(C3=C(C4CCCCC4)n4ncc(-c5nn[nH]n5)c4NC3)c2)cc1Cl. The number of H-pyrrole nitrogens is 1. The first-order chi connectivity index (χ1) is 20.4. The predicted octanol–water partition coefficient (Wildman–Crippen LogP) is 7.59. The van der Waals surface area contributed by atoms with E-state index in [4.69, 9.17) is 21.4 Å². The van der Waals surface area contributed by atoms with Crippen LogP contribution >= 0.6 is 11.6 Å². The predicted molar refractivity (Wildman–Crippen MR) is 154 cm³/mol. The van der Waals surface area contributed by atoms with Gasteiger partial charge in [-0.1, -0.05) is 62.9 Å². The smallest absolute Gasteiger partial charge is 0.489 e.